The van der Waals surface area contributed by atoms with E-state index in [1.165, 1.54) is 0 Å². The molecule has 0 saturated carbocycles. The van der Waals surface area contributed by atoms with Gasteiger partial charge in [0.25, 0.3) is 5.91 Å². The molecular weight excluding hydrogens is 242 g/mol. The number of carbonyl (C=O) groups is 1. The van der Waals surface area contributed by atoms with Gasteiger partial charge in [-0.3, -0.25) is 9.48 Å². The number of aromatic nitrogens is 2. The molecule has 3 N–H and O–H groups in total. The zero-order valence-corrected chi connectivity index (χ0v) is 10.6. The summed E-state index contributed by atoms with van der Waals surface area (Å²) in [6, 6.07) is 7.32. The van der Waals surface area contributed by atoms with Gasteiger partial charge in [0, 0.05) is 38.0 Å². The maximum atomic E-state index is 12.1. The van der Waals surface area contributed by atoms with Gasteiger partial charge in [0.05, 0.1) is 11.4 Å². The molecule has 6 nitrogen and oxygen atoms in total. The summed E-state index contributed by atoms with van der Waals surface area (Å²) in [5.74, 6) is 0.394. The van der Waals surface area contributed by atoms with Crippen molar-refractivity contribution >= 4 is 23.1 Å². The van der Waals surface area contributed by atoms with Crippen molar-refractivity contribution in [2.75, 3.05) is 29.0 Å². The van der Waals surface area contributed by atoms with Crippen LogP contribution in [0.25, 0.3) is 0 Å². The summed E-state index contributed by atoms with van der Waals surface area (Å²) in [6.45, 7) is 1.75. The number of carbonyl (C=O) groups excluding carboxylic acids is 1. The van der Waals surface area contributed by atoms with Crippen molar-refractivity contribution in [1.29, 1.82) is 0 Å². The van der Waals surface area contributed by atoms with Crippen molar-refractivity contribution in [2.45, 2.75) is 0 Å². The van der Waals surface area contributed by atoms with E-state index in [9.17, 15) is 4.79 Å². The standard InChI is InChI=1S/C13H15N5O/c1-18-7-4-12(17-18)16-13(19)9-2-3-10-11(8-9)15-6-5-14-10/h2-4,7-8,14-15H,5-6H2,1H3,(H,16,17,19). The molecule has 1 aliphatic rings. The Kier molecular flexibility index (Phi) is 2.83. The van der Waals surface area contributed by atoms with Crippen molar-refractivity contribution in [3.8, 4) is 0 Å². The van der Waals surface area contributed by atoms with Crippen LogP contribution >= 0.6 is 0 Å². The minimum absolute atomic E-state index is 0.158. The van der Waals surface area contributed by atoms with Gasteiger partial charge < -0.3 is 16.0 Å². The van der Waals surface area contributed by atoms with Gasteiger partial charge in [0.15, 0.2) is 5.82 Å². The SMILES string of the molecule is Cn1ccc(NC(=O)c2ccc3c(c2)NCCN3)n1. The van der Waals surface area contributed by atoms with Gasteiger partial charge in [0.2, 0.25) is 0 Å². The first-order valence-corrected chi connectivity index (χ1v) is 6.15. The van der Waals surface area contributed by atoms with Crippen molar-refractivity contribution < 1.29 is 4.79 Å². The van der Waals surface area contributed by atoms with Crippen LogP contribution in [0.4, 0.5) is 17.2 Å². The fourth-order valence-electron chi connectivity index (χ4n) is 2.05. The monoisotopic (exact) mass is 257 g/mol. The first kappa shape index (κ1) is 11.6. The third kappa shape index (κ3) is 2.37. The highest BCUT2D eigenvalue weighted by Gasteiger charge is 2.12. The molecule has 3 rings (SSSR count). The summed E-state index contributed by atoms with van der Waals surface area (Å²) in [5.41, 5.74) is 2.60. The van der Waals surface area contributed by atoms with Gasteiger partial charge in [-0.05, 0) is 18.2 Å². The maximum Gasteiger partial charge on any atom is 0.256 e. The summed E-state index contributed by atoms with van der Waals surface area (Å²) in [7, 11) is 1.81. The van der Waals surface area contributed by atoms with E-state index in [4.69, 9.17) is 0 Å². The second kappa shape index (κ2) is 4.64. The van der Waals surface area contributed by atoms with E-state index in [0.29, 0.717) is 11.4 Å². The number of anilines is 3. The van der Waals surface area contributed by atoms with Crippen LogP contribution in [-0.2, 0) is 7.05 Å². The van der Waals surface area contributed by atoms with E-state index in [0.717, 1.165) is 24.5 Å². The number of aryl methyl sites for hydroxylation is 1. The van der Waals surface area contributed by atoms with E-state index < -0.39 is 0 Å². The predicted molar refractivity (Wildman–Crippen MR) is 74.6 cm³/mol. The molecule has 2 heterocycles. The van der Waals surface area contributed by atoms with Gasteiger partial charge >= 0.3 is 0 Å². The van der Waals surface area contributed by atoms with Crippen LogP contribution < -0.4 is 16.0 Å². The molecule has 2 aromatic rings. The molecule has 0 saturated heterocycles. The molecule has 1 amide bonds. The number of hydrogen-bond donors (Lipinski definition) is 3. The summed E-state index contributed by atoms with van der Waals surface area (Å²) in [5, 5.41) is 13.4. The fourth-order valence-corrected chi connectivity index (χ4v) is 2.05. The Labute approximate surface area is 110 Å². The second-order valence-electron chi connectivity index (χ2n) is 4.44. The summed E-state index contributed by atoms with van der Waals surface area (Å²) < 4.78 is 1.65. The highest BCUT2D eigenvalue weighted by Crippen LogP contribution is 2.25. The Bertz CT molecular complexity index is 619. The molecular formula is C13H15N5O. The minimum atomic E-state index is -0.158. The molecule has 0 radical (unpaired) electrons. The lowest BCUT2D eigenvalue weighted by Crippen LogP contribution is -2.21. The number of nitrogens with one attached hydrogen (secondary N) is 3. The maximum absolute atomic E-state index is 12.1. The van der Waals surface area contributed by atoms with Crippen molar-refractivity contribution in [1.82, 2.24) is 9.78 Å². The molecule has 0 bridgehead atoms. The Morgan fingerprint density at radius 3 is 2.79 bits per heavy atom. The smallest absolute Gasteiger partial charge is 0.256 e. The topological polar surface area (TPSA) is 71.0 Å². The van der Waals surface area contributed by atoms with Crippen LogP contribution in [0.3, 0.4) is 0 Å². The quantitative estimate of drug-likeness (QED) is 0.762. The average molecular weight is 257 g/mol. The van der Waals surface area contributed by atoms with Crippen molar-refractivity contribution in [2.24, 2.45) is 7.05 Å². The normalized spacial score (nSPS) is 13.1. The van der Waals surface area contributed by atoms with Gasteiger partial charge in [-0.25, -0.2) is 0 Å². The van der Waals surface area contributed by atoms with Crippen LogP contribution in [0.1, 0.15) is 10.4 Å². The largest absolute Gasteiger partial charge is 0.382 e. The summed E-state index contributed by atoms with van der Waals surface area (Å²) >= 11 is 0. The van der Waals surface area contributed by atoms with Gasteiger partial charge in [0.1, 0.15) is 0 Å². The number of benzene rings is 1. The van der Waals surface area contributed by atoms with Crippen molar-refractivity contribution in [3.63, 3.8) is 0 Å². The first-order valence-electron chi connectivity index (χ1n) is 6.15. The van der Waals surface area contributed by atoms with Crippen LogP contribution in [0, 0.1) is 0 Å². The summed E-state index contributed by atoms with van der Waals surface area (Å²) in [4.78, 5) is 12.1. The van der Waals surface area contributed by atoms with Crippen LogP contribution in [0.5, 0.6) is 0 Å². The molecule has 0 aliphatic carbocycles. The number of nitrogens with zero attached hydrogens (tertiary/aromatic N) is 2. The third-order valence-corrected chi connectivity index (χ3v) is 2.99. The Morgan fingerprint density at radius 2 is 2.05 bits per heavy atom. The molecule has 0 unspecified atom stereocenters. The van der Waals surface area contributed by atoms with E-state index >= 15 is 0 Å². The molecule has 98 valence electrons. The van der Waals surface area contributed by atoms with E-state index in [1.807, 2.05) is 19.2 Å². The Hall–Kier alpha value is -2.50. The Morgan fingerprint density at radius 1 is 1.26 bits per heavy atom. The molecule has 1 aliphatic heterocycles. The highest BCUT2D eigenvalue weighted by molar-refractivity contribution is 6.05. The van der Waals surface area contributed by atoms with Gasteiger partial charge in [-0.15, -0.1) is 0 Å². The number of amides is 1. The number of rotatable bonds is 2. The summed E-state index contributed by atoms with van der Waals surface area (Å²) in [6.07, 6.45) is 1.79. The van der Waals surface area contributed by atoms with Crippen LogP contribution in [0.2, 0.25) is 0 Å². The molecule has 1 aromatic heterocycles. The molecule has 0 spiro atoms. The van der Waals surface area contributed by atoms with E-state index in [2.05, 4.69) is 21.0 Å². The van der Waals surface area contributed by atoms with Crippen molar-refractivity contribution in [3.05, 3.63) is 36.0 Å². The number of hydrogen-bond acceptors (Lipinski definition) is 4. The first-order chi connectivity index (χ1) is 9.22. The van der Waals surface area contributed by atoms with E-state index in [-0.39, 0.29) is 5.91 Å². The third-order valence-electron chi connectivity index (χ3n) is 2.99. The average Bonchev–Trinajstić information content (AvgIpc) is 2.83. The predicted octanol–water partition coefficient (Wildman–Crippen LogP) is 1.51. The fraction of sp³-hybridized carbons (Fsp3) is 0.231. The van der Waals surface area contributed by atoms with Crippen LogP contribution in [0.15, 0.2) is 30.5 Å². The lowest BCUT2D eigenvalue weighted by molar-refractivity contribution is 0.102. The lowest BCUT2D eigenvalue weighted by Gasteiger charge is -2.20. The molecule has 1 aromatic carbocycles. The highest BCUT2D eigenvalue weighted by atomic mass is 16.1. The van der Waals surface area contributed by atoms with Gasteiger partial charge in [-0.1, -0.05) is 0 Å². The lowest BCUT2D eigenvalue weighted by atomic mass is 10.1. The minimum Gasteiger partial charge on any atom is -0.382 e. The number of fused-ring (bicyclic) bond motifs is 1. The molecule has 6 heteroatoms. The molecule has 0 fully saturated rings. The van der Waals surface area contributed by atoms with Crippen LogP contribution in [-0.4, -0.2) is 28.8 Å². The van der Waals surface area contributed by atoms with E-state index in [1.54, 1.807) is 23.0 Å². The molecule has 0 atom stereocenters. The second-order valence-corrected chi connectivity index (χ2v) is 4.44. The Balaban J connectivity index is 1.80. The zero-order valence-electron chi connectivity index (χ0n) is 10.6. The zero-order chi connectivity index (χ0) is 13.2. The van der Waals surface area contributed by atoms with Gasteiger partial charge in [-0.2, -0.15) is 5.10 Å². The molecule has 19 heavy (non-hydrogen) atoms.